The smallest absolute Gasteiger partial charge is 0.263 e. The maximum absolute atomic E-state index is 5.09. The van der Waals surface area contributed by atoms with E-state index in [9.17, 15) is 0 Å². The predicted molar refractivity (Wildman–Crippen MR) is 51.9 cm³/mol. The van der Waals surface area contributed by atoms with Gasteiger partial charge in [-0.1, -0.05) is 17.2 Å². The standard InChI is InChI=1S/C9H12N4O2/c1-3-10-5-8-12-9(15-13-8)7-4-11-14-6(7)2/h4,10H,3,5H2,1-2H3. The van der Waals surface area contributed by atoms with E-state index in [1.807, 2.05) is 6.92 Å². The van der Waals surface area contributed by atoms with Crippen molar-refractivity contribution in [2.75, 3.05) is 6.54 Å². The molecule has 0 aliphatic heterocycles. The van der Waals surface area contributed by atoms with Crippen LogP contribution in [0.4, 0.5) is 0 Å². The van der Waals surface area contributed by atoms with Crippen molar-refractivity contribution >= 4 is 0 Å². The summed E-state index contributed by atoms with van der Waals surface area (Å²) in [4.78, 5) is 4.21. The number of rotatable bonds is 4. The average molecular weight is 208 g/mol. The van der Waals surface area contributed by atoms with E-state index in [1.54, 1.807) is 13.1 Å². The monoisotopic (exact) mass is 208 g/mol. The summed E-state index contributed by atoms with van der Waals surface area (Å²) >= 11 is 0. The summed E-state index contributed by atoms with van der Waals surface area (Å²) in [6.07, 6.45) is 1.57. The van der Waals surface area contributed by atoms with Crippen LogP contribution in [0.1, 0.15) is 18.5 Å². The van der Waals surface area contributed by atoms with Gasteiger partial charge in [-0.2, -0.15) is 4.98 Å². The molecule has 2 aromatic rings. The van der Waals surface area contributed by atoms with Crippen LogP contribution < -0.4 is 5.32 Å². The Morgan fingerprint density at radius 1 is 1.40 bits per heavy atom. The summed E-state index contributed by atoms with van der Waals surface area (Å²) in [6.45, 7) is 5.29. The molecular formula is C9H12N4O2. The molecule has 0 atom stereocenters. The van der Waals surface area contributed by atoms with Crippen LogP contribution in [-0.4, -0.2) is 21.8 Å². The molecule has 6 heteroatoms. The molecule has 0 aliphatic carbocycles. The minimum absolute atomic E-state index is 0.446. The molecule has 2 heterocycles. The molecule has 0 saturated carbocycles. The number of aromatic nitrogens is 3. The van der Waals surface area contributed by atoms with Gasteiger partial charge in [0.05, 0.1) is 12.7 Å². The largest absolute Gasteiger partial charge is 0.361 e. The predicted octanol–water partition coefficient (Wildman–Crippen LogP) is 1.14. The highest BCUT2D eigenvalue weighted by Gasteiger charge is 2.13. The summed E-state index contributed by atoms with van der Waals surface area (Å²) in [5.74, 6) is 1.75. The first-order chi connectivity index (χ1) is 7.31. The van der Waals surface area contributed by atoms with Gasteiger partial charge in [-0.3, -0.25) is 0 Å². The number of hydrogen-bond donors (Lipinski definition) is 1. The zero-order valence-electron chi connectivity index (χ0n) is 8.65. The van der Waals surface area contributed by atoms with E-state index in [0.717, 1.165) is 12.1 Å². The lowest BCUT2D eigenvalue weighted by Gasteiger charge is -1.92. The van der Waals surface area contributed by atoms with Crippen LogP contribution in [0.5, 0.6) is 0 Å². The van der Waals surface area contributed by atoms with Gasteiger partial charge in [0.1, 0.15) is 11.3 Å². The van der Waals surface area contributed by atoms with E-state index < -0.39 is 0 Å². The Balaban J connectivity index is 2.17. The molecule has 2 rings (SSSR count). The topological polar surface area (TPSA) is 77.0 Å². The highest BCUT2D eigenvalue weighted by atomic mass is 16.5. The normalized spacial score (nSPS) is 10.8. The van der Waals surface area contributed by atoms with Crippen LogP contribution in [0, 0.1) is 6.92 Å². The molecular weight excluding hydrogens is 196 g/mol. The third-order valence-electron chi connectivity index (χ3n) is 1.98. The van der Waals surface area contributed by atoms with Gasteiger partial charge in [-0.05, 0) is 13.5 Å². The minimum atomic E-state index is 0.446. The first-order valence-electron chi connectivity index (χ1n) is 4.76. The fraction of sp³-hybridized carbons (Fsp3) is 0.444. The Labute approximate surface area is 86.6 Å². The zero-order chi connectivity index (χ0) is 10.7. The summed E-state index contributed by atoms with van der Waals surface area (Å²) in [5.41, 5.74) is 0.741. The summed E-state index contributed by atoms with van der Waals surface area (Å²) in [5, 5.41) is 10.6. The van der Waals surface area contributed by atoms with Crippen molar-refractivity contribution in [1.82, 2.24) is 20.6 Å². The van der Waals surface area contributed by atoms with Crippen LogP contribution >= 0.6 is 0 Å². The molecule has 0 aromatic carbocycles. The quantitative estimate of drug-likeness (QED) is 0.811. The third-order valence-corrected chi connectivity index (χ3v) is 1.98. The van der Waals surface area contributed by atoms with E-state index in [4.69, 9.17) is 9.05 Å². The Morgan fingerprint density at radius 3 is 2.93 bits per heavy atom. The highest BCUT2D eigenvalue weighted by Crippen LogP contribution is 2.20. The molecule has 0 bridgehead atoms. The Hall–Kier alpha value is -1.69. The van der Waals surface area contributed by atoms with Gasteiger partial charge in [0.15, 0.2) is 5.82 Å². The molecule has 80 valence electrons. The van der Waals surface area contributed by atoms with Crippen molar-refractivity contribution in [3.63, 3.8) is 0 Å². The maximum atomic E-state index is 5.09. The fourth-order valence-corrected chi connectivity index (χ4v) is 1.18. The Morgan fingerprint density at radius 2 is 2.27 bits per heavy atom. The first kappa shape index (κ1) is 9.85. The van der Waals surface area contributed by atoms with E-state index in [-0.39, 0.29) is 0 Å². The molecule has 0 amide bonds. The number of nitrogens with zero attached hydrogens (tertiary/aromatic N) is 3. The molecule has 6 nitrogen and oxygen atoms in total. The SMILES string of the molecule is CCNCc1noc(-c2cnoc2C)n1. The van der Waals surface area contributed by atoms with Crippen LogP contribution in [0.15, 0.2) is 15.2 Å². The Bertz CT molecular complexity index is 435. The van der Waals surface area contributed by atoms with Crippen molar-refractivity contribution in [3.05, 3.63) is 17.8 Å². The van der Waals surface area contributed by atoms with Gasteiger partial charge in [-0.25, -0.2) is 0 Å². The number of nitrogens with one attached hydrogen (secondary N) is 1. The van der Waals surface area contributed by atoms with Gasteiger partial charge < -0.3 is 14.4 Å². The van der Waals surface area contributed by atoms with Gasteiger partial charge in [-0.15, -0.1) is 0 Å². The maximum Gasteiger partial charge on any atom is 0.263 e. The molecule has 0 fully saturated rings. The molecule has 0 unspecified atom stereocenters. The minimum Gasteiger partial charge on any atom is -0.361 e. The van der Waals surface area contributed by atoms with Gasteiger partial charge in [0.2, 0.25) is 0 Å². The first-order valence-corrected chi connectivity index (χ1v) is 4.76. The van der Waals surface area contributed by atoms with Crippen molar-refractivity contribution < 1.29 is 9.05 Å². The molecule has 2 aromatic heterocycles. The van der Waals surface area contributed by atoms with Crippen LogP contribution in [0.25, 0.3) is 11.5 Å². The Kier molecular flexibility index (Phi) is 2.77. The van der Waals surface area contributed by atoms with Crippen LogP contribution in [-0.2, 0) is 6.54 Å². The summed E-state index contributed by atoms with van der Waals surface area (Å²) < 4.78 is 10.0. The zero-order valence-corrected chi connectivity index (χ0v) is 8.65. The molecule has 0 aliphatic rings. The van der Waals surface area contributed by atoms with E-state index >= 15 is 0 Å². The third kappa shape index (κ3) is 2.04. The second-order valence-corrected chi connectivity index (χ2v) is 3.09. The molecule has 15 heavy (non-hydrogen) atoms. The van der Waals surface area contributed by atoms with E-state index in [2.05, 4.69) is 20.6 Å². The lowest BCUT2D eigenvalue weighted by Crippen LogP contribution is -2.12. The van der Waals surface area contributed by atoms with Crippen molar-refractivity contribution in [3.8, 4) is 11.5 Å². The lowest BCUT2D eigenvalue weighted by atomic mass is 10.3. The highest BCUT2D eigenvalue weighted by molar-refractivity contribution is 5.53. The number of aryl methyl sites for hydroxylation is 1. The van der Waals surface area contributed by atoms with Gasteiger partial charge in [0.25, 0.3) is 5.89 Å². The summed E-state index contributed by atoms with van der Waals surface area (Å²) in [7, 11) is 0. The van der Waals surface area contributed by atoms with Crippen molar-refractivity contribution in [1.29, 1.82) is 0 Å². The van der Waals surface area contributed by atoms with Crippen molar-refractivity contribution in [2.45, 2.75) is 20.4 Å². The second kappa shape index (κ2) is 4.22. The summed E-state index contributed by atoms with van der Waals surface area (Å²) in [6, 6.07) is 0. The van der Waals surface area contributed by atoms with Crippen LogP contribution in [0.2, 0.25) is 0 Å². The molecule has 1 N–H and O–H groups in total. The molecule has 0 saturated heterocycles. The lowest BCUT2D eigenvalue weighted by molar-refractivity contribution is 0.395. The van der Waals surface area contributed by atoms with Gasteiger partial charge in [0, 0.05) is 0 Å². The second-order valence-electron chi connectivity index (χ2n) is 3.09. The molecule has 0 radical (unpaired) electrons. The van der Waals surface area contributed by atoms with Crippen molar-refractivity contribution in [2.24, 2.45) is 0 Å². The van der Waals surface area contributed by atoms with E-state index in [1.165, 1.54) is 0 Å². The number of hydrogen-bond acceptors (Lipinski definition) is 6. The van der Waals surface area contributed by atoms with E-state index in [0.29, 0.717) is 24.0 Å². The molecule has 0 spiro atoms. The fourth-order valence-electron chi connectivity index (χ4n) is 1.18. The average Bonchev–Trinajstić information content (AvgIpc) is 2.83. The van der Waals surface area contributed by atoms with Crippen LogP contribution in [0.3, 0.4) is 0 Å². The van der Waals surface area contributed by atoms with Gasteiger partial charge >= 0.3 is 0 Å².